The lowest BCUT2D eigenvalue weighted by Gasteiger charge is -2.42. The fourth-order valence-electron chi connectivity index (χ4n) is 2.96. The van der Waals surface area contributed by atoms with Crippen LogP contribution in [0.25, 0.3) is 0 Å². The summed E-state index contributed by atoms with van der Waals surface area (Å²) in [5.74, 6) is 0. The van der Waals surface area contributed by atoms with Crippen LogP contribution in [0.1, 0.15) is 39.4 Å². The lowest BCUT2D eigenvalue weighted by molar-refractivity contribution is -0.856. The summed E-state index contributed by atoms with van der Waals surface area (Å²) in [5, 5.41) is 9.19. The van der Waals surface area contributed by atoms with Crippen LogP contribution in [-0.2, 0) is 4.74 Å². The highest BCUT2D eigenvalue weighted by Crippen LogP contribution is 2.24. The molecule has 0 aliphatic carbocycles. The number of piperazine rings is 1. The van der Waals surface area contributed by atoms with Gasteiger partial charge in [0.15, 0.2) is 6.54 Å². The van der Waals surface area contributed by atoms with Gasteiger partial charge in [-0.25, -0.2) is 4.48 Å². The third-order valence-electron chi connectivity index (χ3n) is 4.45. The van der Waals surface area contributed by atoms with Crippen LogP contribution in [0.2, 0.25) is 0 Å². The van der Waals surface area contributed by atoms with Crippen molar-refractivity contribution in [3.63, 3.8) is 0 Å². The van der Waals surface area contributed by atoms with Gasteiger partial charge in [0.25, 0.3) is 0 Å². The second-order valence-corrected chi connectivity index (χ2v) is 7.36. The number of halogens is 1. The predicted octanol–water partition coefficient (Wildman–Crippen LogP) is -0.262. The van der Waals surface area contributed by atoms with E-state index in [0.29, 0.717) is 13.1 Å². The molecule has 0 bridgehead atoms. The van der Waals surface area contributed by atoms with Crippen LogP contribution in [0.4, 0.5) is 4.79 Å². The molecule has 1 aromatic heterocycles. The normalized spacial score (nSPS) is 18.5. The second-order valence-electron chi connectivity index (χ2n) is 7.36. The maximum absolute atomic E-state index is 12.6. The van der Waals surface area contributed by atoms with Crippen LogP contribution < -0.4 is 17.0 Å². The summed E-state index contributed by atoms with van der Waals surface area (Å²) in [7, 11) is 0. The Bertz CT molecular complexity index is 602. The SMILES string of the molecule is CC(c1ccccn1)N1CC[N+](CC#N)(C(=O)OC(C)(C)C)CC1.[Br-]. The Morgan fingerprint density at radius 2 is 2.04 bits per heavy atom. The van der Waals surface area contributed by atoms with Crippen LogP contribution in [0, 0.1) is 11.3 Å². The number of amides is 1. The van der Waals surface area contributed by atoms with Gasteiger partial charge in [0.2, 0.25) is 0 Å². The molecule has 2 heterocycles. The molecule has 6 nitrogen and oxygen atoms in total. The molecule has 0 saturated carbocycles. The Labute approximate surface area is 160 Å². The minimum absolute atomic E-state index is 0. The first kappa shape index (κ1) is 21.6. The van der Waals surface area contributed by atoms with E-state index in [1.54, 1.807) is 6.20 Å². The number of ether oxygens (including phenoxy) is 1. The summed E-state index contributed by atoms with van der Waals surface area (Å²) in [6, 6.07) is 8.26. The number of carbonyl (C=O) groups is 1. The van der Waals surface area contributed by atoms with Gasteiger partial charge in [-0.05, 0) is 39.8 Å². The maximum atomic E-state index is 12.6. The summed E-state index contributed by atoms with van der Waals surface area (Å²) >= 11 is 0. The number of pyridine rings is 1. The first-order valence-corrected chi connectivity index (χ1v) is 8.39. The van der Waals surface area contributed by atoms with Crippen molar-refractivity contribution in [3.8, 4) is 6.07 Å². The lowest BCUT2D eigenvalue weighted by Crippen LogP contribution is -3.00. The molecule has 1 unspecified atom stereocenters. The summed E-state index contributed by atoms with van der Waals surface area (Å²) < 4.78 is 5.65. The molecule has 0 aromatic carbocycles. The number of hydrogen-bond donors (Lipinski definition) is 0. The van der Waals surface area contributed by atoms with Gasteiger partial charge in [-0.15, -0.1) is 0 Å². The standard InChI is InChI=1S/C18H27N4O2.BrH/c1-15(16-7-5-6-9-20-16)21-10-13-22(12-8-19,14-11-21)17(23)24-18(2,3)4;/h5-7,9,15H,10-14H2,1-4H3;1H/q+1;/p-1. The van der Waals surface area contributed by atoms with E-state index in [2.05, 4.69) is 22.9 Å². The van der Waals surface area contributed by atoms with Gasteiger partial charge in [0.1, 0.15) is 24.8 Å². The molecule has 1 saturated heterocycles. The molecular weight excluding hydrogens is 384 g/mol. The van der Waals surface area contributed by atoms with Crippen molar-refractivity contribution in [3.05, 3.63) is 30.1 Å². The molecule has 1 fully saturated rings. The van der Waals surface area contributed by atoms with E-state index >= 15 is 0 Å². The molecule has 1 aliphatic rings. The van der Waals surface area contributed by atoms with Crippen LogP contribution in [0.5, 0.6) is 0 Å². The minimum atomic E-state index is -0.545. The molecule has 0 spiro atoms. The molecule has 2 rings (SSSR count). The van der Waals surface area contributed by atoms with Gasteiger partial charge in [-0.2, -0.15) is 10.1 Å². The van der Waals surface area contributed by atoms with Crippen molar-refractivity contribution in [2.24, 2.45) is 0 Å². The molecule has 0 N–H and O–H groups in total. The van der Waals surface area contributed by atoms with Crippen molar-refractivity contribution >= 4 is 6.09 Å². The van der Waals surface area contributed by atoms with E-state index < -0.39 is 5.60 Å². The molecule has 25 heavy (non-hydrogen) atoms. The van der Waals surface area contributed by atoms with Crippen molar-refractivity contribution in [1.82, 2.24) is 9.88 Å². The Balaban J connectivity index is 0.00000312. The van der Waals surface area contributed by atoms with E-state index in [-0.39, 0.29) is 40.1 Å². The number of aromatic nitrogens is 1. The van der Waals surface area contributed by atoms with Gasteiger partial charge in [0.05, 0.1) is 5.69 Å². The number of carbonyl (C=O) groups excluding carboxylic acids is 1. The van der Waals surface area contributed by atoms with Crippen molar-refractivity contribution in [2.45, 2.75) is 39.3 Å². The third kappa shape index (κ3) is 5.50. The van der Waals surface area contributed by atoms with Gasteiger partial charge < -0.3 is 21.7 Å². The third-order valence-corrected chi connectivity index (χ3v) is 4.45. The van der Waals surface area contributed by atoms with Gasteiger partial charge in [-0.1, -0.05) is 6.07 Å². The Morgan fingerprint density at radius 3 is 2.52 bits per heavy atom. The van der Waals surface area contributed by atoms with Gasteiger partial charge in [0, 0.05) is 25.3 Å². The number of quaternary nitrogens is 1. The molecular formula is C18H27BrN4O2. The monoisotopic (exact) mass is 410 g/mol. The summed E-state index contributed by atoms with van der Waals surface area (Å²) in [4.78, 5) is 19.4. The van der Waals surface area contributed by atoms with E-state index in [9.17, 15) is 10.1 Å². The smallest absolute Gasteiger partial charge is 0.517 e. The van der Waals surface area contributed by atoms with Crippen molar-refractivity contribution in [1.29, 1.82) is 5.26 Å². The zero-order valence-corrected chi connectivity index (χ0v) is 17.0. The number of nitrogens with zero attached hydrogens (tertiary/aromatic N) is 4. The van der Waals surface area contributed by atoms with Gasteiger partial charge in [-0.3, -0.25) is 9.88 Å². The highest BCUT2D eigenvalue weighted by molar-refractivity contribution is 5.60. The van der Waals surface area contributed by atoms with E-state index in [1.807, 2.05) is 39.0 Å². The summed E-state index contributed by atoms with van der Waals surface area (Å²) in [6.07, 6.45) is 1.50. The zero-order chi connectivity index (χ0) is 17.8. The fraction of sp³-hybridized carbons (Fsp3) is 0.611. The summed E-state index contributed by atoms with van der Waals surface area (Å²) in [5.41, 5.74) is 0.478. The fourth-order valence-corrected chi connectivity index (χ4v) is 2.96. The van der Waals surface area contributed by atoms with Gasteiger partial charge >= 0.3 is 6.09 Å². The van der Waals surface area contributed by atoms with Crippen LogP contribution in [0.3, 0.4) is 0 Å². The summed E-state index contributed by atoms with van der Waals surface area (Å²) in [6.45, 7) is 10.5. The predicted molar refractivity (Wildman–Crippen MR) is 90.9 cm³/mol. The molecule has 0 radical (unpaired) electrons. The molecule has 1 aliphatic heterocycles. The van der Waals surface area contributed by atoms with Crippen molar-refractivity contribution in [2.75, 3.05) is 32.7 Å². The van der Waals surface area contributed by atoms with Crippen LogP contribution in [-0.4, -0.2) is 58.8 Å². The quantitative estimate of drug-likeness (QED) is 0.507. The topological polar surface area (TPSA) is 66.2 Å². The van der Waals surface area contributed by atoms with Crippen molar-refractivity contribution < 1.29 is 31.0 Å². The highest BCUT2D eigenvalue weighted by Gasteiger charge is 2.44. The average molecular weight is 411 g/mol. The van der Waals surface area contributed by atoms with Crippen LogP contribution >= 0.6 is 0 Å². The van der Waals surface area contributed by atoms with E-state index in [0.717, 1.165) is 18.8 Å². The van der Waals surface area contributed by atoms with E-state index in [1.165, 1.54) is 0 Å². The highest BCUT2D eigenvalue weighted by atomic mass is 79.9. The number of hydrogen-bond acceptors (Lipinski definition) is 5. The van der Waals surface area contributed by atoms with Crippen LogP contribution in [0.15, 0.2) is 24.4 Å². The first-order chi connectivity index (χ1) is 11.3. The number of nitriles is 1. The second kappa shape index (κ2) is 8.75. The largest absolute Gasteiger partial charge is 1.00 e. The number of rotatable bonds is 3. The zero-order valence-electron chi connectivity index (χ0n) is 15.4. The Morgan fingerprint density at radius 1 is 1.40 bits per heavy atom. The maximum Gasteiger partial charge on any atom is 0.517 e. The lowest BCUT2D eigenvalue weighted by atomic mass is 10.1. The molecule has 1 amide bonds. The van der Waals surface area contributed by atoms with E-state index in [4.69, 9.17) is 4.74 Å². The Kier molecular flexibility index (Phi) is 7.54. The molecule has 7 heteroatoms. The minimum Gasteiger partial charge on any atom is -1.00 e. The average Bonchev–Trinajstić information content (AvgIpc) is 2.54. The molecule has 1 aromatic rings. The molecule has 1 atom stereocenters. The molecule has 138 valence electrons. The Hall–Kier alpha value is -1.49. The first-order valence-electron chi connectivity index (χ1n) is 8.39.